The van der Waals surface area contributed by atoms with Crippen molar-refractivity contribution in [3.05, 3.63) is 84.3 Å². The van der Waals surface area contributed by atoms with Crippen molar-refractivity contribution in [2.75, 3.05) is 0 Å². The lowest BCUT2D eigenvalue weighted by Gasteiger charge is -2.15. The molecule has 2 nitrogen and oxygen atoms in total. The summed E-state index contributed by atoms with van der Waals surface area (Å²) in [5.41, 5.74) is 2.00. The molecule has 2 heteroatoms. The molecule has 0 aromatic heterocycles. The van der Waals surface area contributed by atoms with Gasteiger partial charge in [0.1, 0.15) is 12.5 Å². The summed E-state index contributed by atoms with van der Waals surface area (Å²) in [4.78, 5) is 0. The van der Waals surface area contributed by atoms with E-state index in [9.17, 15) is 0 Å². The van der Waals surface area contributed by atoms with Crippen LogP contribution in [0.3, 0.4) is 0 Å². The van der Waals surface area contributed by atoms with E-state index in [1.54, 1.807) is 12.5 Å². The van der Waals surface area contributed by atoms with Crippen molar-refractivity contribution in [1.29, 1.82) is 0 Å². The molecule has 0 fully saturated rings. The standard InChI is InChI=1S/C16H12O2/c1-3-7-13(8-4-1)15-11-18-16(12-17-15)14-9-5-2-6-10-14/h1-12H. The van der Waals surface area contributed by atoms with Gasteiger partial charge in [0, 0.05) is 11.1 Å². The van der Waals surface area contributed by atoms with Crippen LogP contribution in [0.15, 0.2) is 73.2 Å². The van der Waals surface area contributed by atoms with E-state index in [0.29, 0.717) is 0 Å². The summed E-state index contributed by atoms with van der Waals surface area (Å²) < 4.78 is 11.2. The number of hydrogen-bond acceptors (Lipinski definition) is 2. The molecule has 0 atom stereocenters. The Balaban J connectivity index is 1.79. The maximum absolute atomic E-state index is 5.61. The number of hydrogen-bond donors (Lipinski definition) is 0. The molecule has 0 bridgehead atoms. The van der Waals surface area contributed by atoms with E-state index in [1.165, 1.54) is 0 Å². The first-order valence-electron chi connectivity index (χ1n) is 5.78. The van der Waals surface area contributed by atoms with E-state index >= 15 is 0 Å². The van der Waals surface area contributed by atoms with Crippen LogP contribution in [0.25, 0.3) is 11.5 Å². The van der Waals surface area contributed by atoms with Gasteiger partial charge in [0.25, 0.3) is 0 Å². The second-order valence-electron chi connectivity index (χ2n) is 3.93. The van der Waals surface area contributed by atoms with Gasteiger partial charge in [-0.1, -0.05) is 60.7 Å². The van der Waals surface area contributed by atoms with E-state index < -0.39 is 0 Å². The highest BCUT2D eigenvalue weighted by Gasteiger charge is 2.11. The molecule has 18 heavy (non-hydrogen) atoms. The van der Waals surface area contributed by atoms with Crippen molar-refractivity contribution in [2.45, 2.75) is 0 Å². The topological polar surface area (TPSA) is 18.5 Å². The Morgan fingerprint density at radius 1 is 0.500 bits per heavy atom. The van der Waals surface area contributed by atoms with Crippen molar-refractivity contribution in [1.82, 2.24) is 0 Å². The molecule has 0 saturated heterocycles. The fourth-order valence-electron chi connectivity index (χ4n) is 1.77. The van der Waals surface area contributed by atoms with Crippen LogP contribution in [-0.4, -0.2) is 0 Å². The molecule has 0 amide bonds. The molecule has 0 aliphatic carbocycles. The van der Waals surface area contributed by atoms with Crippen LogP contribution in [-0.2, 0) is 9.47 Å². The van der Waals surface area contributed by atoms with E-state index in [1.807, 2.05) is 60.7 Å². The summed E-state index contributed by atoms with van der Waals surface area (Å²) in [5.74, 6) is 1.44. The van der Waals surface area contributed by atoms with Gasteiger partial charge in [-0.05, 0) is 0 Å². The number of benzene rings is 2. The predicted molar refractivity (Wildman–Crippen MR) is 71.0 cm³/mol. The third-order valence-electron chi connectivity index (χ3n) is 2.70. The van der Waals surface area contributed by atoms with Crippen LogP contribution in [0.5, 0.6) is 0 Å². The van der Waals surface area contributed by atoms with E-state index in [0.717, 1.165) is 22.6 Å². The number of ether oxygens (including phenoxy) is 2. The Hall–Kier alpha value is -2.48. The van der Waals surface area contributed by atoms with Gasteiger partial charge in [0.2, 0.25) is 0 Å². The molecule has 3 rings (SSSR count). The predicted octanol–water partition coefficient (Wildman–Crippen LogP) is 4.03. The summed E-state index contributed by atoms with van der Waals surface area (Å²) in [5, 5.41) is 0. The van der Waals surface area contributed by atoms with Crippen molar-refractivity contribution < 1.29 is 9.47 Å². The average Bonchev–Trinajstić information content (AvgIpc) is 2.49. The Kier molecular flexibility index (Phi) is 2.84. The normalized spacial score (nSPS) is 14.0. The van der Waals surface area contributed by atoms with E-state index in [2.05, 4.69) is 0 Å². The first-order valence-corrected chi connectivity index (χ1v) is 5.78. The lowest BCUT2D eigenvalue weighted by molar-refractivity contribution is 0.336. The first kappa shape index (κ1) is 10.7. The minimum Gasteiger partial charge on any atom is -0.457 e. The Labute approximate surface area is 106 Å². The van der Waals surface area contributed by atoms with Gasteiger partial charge >= 0.3 is 0 Å². The molecule has 0 unspecified atom stereocenters. The lowest BCUT2D eigenvalue weighted by Crippen LogP contribution is -1.97. The molecule has 2 aromatic rings. The van der Waals surface area contributed by atoms with Gasteiger partial charge in [-0.15, -0.1) is 0 Å². The molecular weight excluding hydrogens is 224 g/mol. The molecule has 88 valence electrons. The zero-order chi connectivity index (χ0) is 12.2. The molecule has 0 N–H and O–H groups in total. The zero-order valence-corrected chi connectivity index (χ0v) is 9.74. The molecule has 1 heterocycles. The summed E-state index contributed by atoms with van der Waals surface area (Å²) >= 11 is 0. The van der Waals surface area contributed by atoms with Crippen LogP contribution < -0.4 is 0 Å². The molecule has 0 saturated carbocycles. The van der Waals surface area contributed by atoms with Crippen LogP contribution >= 0.6 is 0 Å². The Morgan fingerprint density at radius 2 is 0.889 bits per heavy atom. The minimum absolute atomic E-state index is 0.718. The summed E-state index contributed by atoms with van der Waals surface area (Å²) in [6.07, 6.45) is 3.27. The maximum Gasteiger partial charge on any atom is 0.168 e. The molecule has 1 aliphatic heterocycles. The highest BCUT2D eigenvalue weighted by Crippen LogP contribution is 2.26. The minimum atomic E-state index is 0.718. The van der Waals surface area contributed by atoms with Crippen LogP contribution in [0.4, 0.5) is 0 Å². The largest absolute Gasteiger partial charge is 0.457 e. The van der Waals surface area contributed by atoms with Gasteiger partial charge < -0.3 is 9.47 Å². The van der Waals surface area contributed by atoms with Gasteiger partial charge in [-0.3, -0.25) is 0 Å². The van der Waals surface area contributed by atoms with E-state index in [4.69, 9.17) is 9.47 Å². The zero-order valence-electron chi connectivity index (χ0n) is 9.74. The highest BCUT2D eigenvalue weighted by atomic mass is 16.5. The monoisotopic (exact) mass is 236 g/mol. The summed E-state index contributed by atoms with van der Waals surface area (Å²) in [6.45, 7) is 0. The van der Waals surface area contributed by atoms with E-state index in [-0.39, 0.29) is 0 Å². The molecule has 1 aliphatic rings. The highest BCUT2D eigenvalue weighted by molar-refractivity contribution is 5.67. The first-order chi connectivity index (χ1) is 8.93. The Bertz CT molecular complexity index is 528. The van der Waals surface area contributed by atoms with Gasteiger partial charge in [-0.25, -0.2) is 0 Å². The SMILES string of the molecule is C1=C(c2ccccc2)OC=C(c2ccccc2)O1. The second-order valence-corrected chi connectivity index (χ2v) is 3.93. The lowest BCUT2D eigenvalue weighted by atomic mass is 10.2. The van der Waals surface area contributed by atoms with Crippen molar-refractivity contribution in [3.63, 3.8) is 0 Å². The summed E-state index contributed by atoms with van der Waals surface area (Å²) in [6, 6.07) is 19.7. The van der Waals surface area contributed by atoms with Crippen molar-refractivity contribution >= 4 is 11.5 Å². The van der Waals surface area contributed by atoms with Crippen LogP contribution in [0.1, 0.15) is 11.1 Å². The quantitative estimate of drug-likeness (QED) is 0.783. The Morgan fingerprint density at radius 3 is 1.22 bits per heavy atom. The molecular formula is C16H12O2. The van der Waals surface area contributed by atoms with Gasteiger partial charge in [0.15, 0.2) is 11.5 Å². The average molecular weight is 236 g/mol. The third kappa shape index (κ3) is 2.13. The third-order valence-corrected chi connectivity index (χ3v) is 2.70. The van der Waals surface area contributed by atoms with Gasteiger partial charge in [0.05, 0.1) is 0 Å². The van der Waals surface area contributed by atoms with Crippen LogP contribution in [0.2, 0.25) is 0 Å². The second kappa shape index (κ2) is 4.80. The fourth-order valence-corrected chi connectivity index (χ4v) is 1.77. The molecule has 2 aromatic carbocycles. The van der Waals surface area contributed by atoms with Crippen LogP contribution in [0, 0.1) is 0 Å². The maximum atomic E-state index is 5.61. The molecule has 0 spiro atoms. The van der Waals surface area contributed by atoms with Crippen molar-refractivity contribution in [2.24, 2.45) is 0 Å². The number of rotatable bonds is 2. The smallest absolute Gasteiger partial charge is 0.168 e. The van der Waals surface area contributed by atoms with Gasteiger partial charge in [-0.2, -0.15) is 0 Å². The summed E-state index contributed by atoms with van der Waals surface area (Å²) in [7, 11) is 0. The fraction of sp³-hybridized carbons (Fsp3) is 0. The van der Waals surface area contributed by atoms with Crippen molar-refractivity contribution in [3.8, 4) is 0 Å². The molecule has 0 radical (unpaired) electrons.